The number of aliphatic hydroxyl groups is 1. The third kappa shape index (κ3) is 3.13. The van der Waals surface area contributed by atoms with Crippen molar-refractivity contribution in [1.29, 1.82) is 0 Å². The van der Waals surface area contributed by atoms with Crippen LogP contribution in [0.1, 0.15) is 45.1 Å². The lowest BCUT2D eigenvalue weighted by Crippen LogP contribution is -2.45. The summed E-state index contributed by atoms with van der Waals surface area (Å²) >= 11 is 0. The van der Waals surface area contributed by atoms with Crippen LogP contribution in [-0.2, 0) is 9.53 Å². The Kier molecular flexibility index (Phi) is 5.48. The molecule has 1 aromatic carbocycles. The molecule has 0 aliphatic heterocycles. The van der Waals surface area contributed by atoms with E-state index < -0.39 is 23.3 Å². The van der Waals surface area contributed by atoms with E-state index in [0.29, 0.717) is 12.0 Å². The number of rotatable bonds is 6. The fraction of sp³-hybridized carbons (Fsp3) is 0.533. The van der Waals surface area contributed by atoms with E-state index in [4.69, 9.17) is 4.74 Å². The first-order valence-corrected chi connectivity index (χ1v) is 6.65. The summed E-state index contributed by atoms with van der Waals surface area (Å²) in [7, 11) is 0. The number of carbonyl (C=O) groups excluding carboxylic acids is 1. The third-order valence-corrected chi connectivity index (χ3v) is 3.43. The van der Waals surface area contributed by atoms with E-state index in [1.807, 2.05) is 6.92 Å². The van der Waals surface area contributed by atoms with Gasteiger partial charge in [-0.3, -0.25) is 0 Å². The first-order valence-electron chi connectivity index (χ1n) is 6.65. The van der Waals surface area contributed by atoms with Crippen molar-refractivity contribution in [1.82, 2.24) is 0 Å². The van der Waals surface area contributed by atoms with Crippen LogP contribution in [0.3, 0.4) is 0 Å². The standard InChI is InChI=1S/C15H21FO3/c1-4-12(11-9-7-8-10-13(11)16)15(18,5-2)14(17)19-6-3/h7-10,12,18H,4-6H2,1-3H3. The summed E-state index contributed by atoms with van der Waals surface area (Å²) in [6.07, 6.45) is 0.628. The van der Waals surface area contributed by atoms with Crippen LogP contribution in [0.4, 0.5) is 4.39 Å². The predicted molar refractivity (Wildman–Crippen MR) is 71.3 cm³/mol. The Morgan fingerprint density at radius 1 is 1.37 bits per heavy atom. The van der Waals surface area contributed by atoms with E-state index in [1.165, 1.54) is 6.07 Å². The largest absolute Gasteiger partial charge is 0.464 e. The maximum Gasteiger partial charge on any atom is 0.338 e. The van der Waals surface area contributed by atoms with Gasteiger partial charge in [0.1, 0.15) is 5.82 Å². The predicted octanol–water partition coefficient (Wildman–Crippen LogP) is 3.02. The highest BCUT2D eigenvalue weighted by Gasteiger charge is 2.44. The van der Waals surface area contributed by atoms with Crippen molar-refractivity contribution in [2.24, 2.45) is 0 Å². The summed E-state index contributed by atoms with van der Waals surface area (Å²) < 4.78 is 18.8. The van der Waals surface area contributed by atoms with Crippen LogP contribution in [0.5, 0.6) is 0 Å². The molecule has 19 heavy (non-hydrogen) atoms. The number of carbonyl (C=O) groups is 1. The fourth-order valence-corrected chi connectivity index (χ4v) is 2.36. The SMILES string of the molecule is CCOC(=O)C(O)(CC)C(CC)c1ccccc1F. The van der Waals surface area contributed by atoms with E-state index in [0.717, 1.165) is 0 Å². The average molecular weight is 268 g/mol. The minimum Gasteiger partial charge on any atom is -0.464 e. The second-order valence-electron chi connectivity index (χ2n) is 4.48. The van der Waals surface area contributed by atoms with Gasteiger partial charge in [-0.25, -0.2) is 9.18 Å². The van der Waals surface area contributed by atoms with E-state index in [9.17, 15) is 14.3 Å². The summed E-state index contributed by atoms with van der Waals surface area (Å²) in [6, 6.07) is 6.21. The molecular formula is C15H21FO3. The van der Waals surface area contributed by atoms with E-state index in [2.05, 4.69) is 0 Å². The first-order chi connectivity index (χ1) is 9.01. The quantitative estimate of drug-likeness (QED) is 0.807. The first kappa shape index (κ1) is 15.6. The van der Waals surface area contributed by atoms with Gasteiger partial charge in [-0.05, 0) is 31.4 Å². The minimum absolute atomic E-state index is 0.179. The Morgan fingerprint density at radius 2 is 2.00 bits per heavy atom. The average Bonchev–Trinajstić information content (AvgIpc) is 2.41. The molecule has 1 N–H and O–H groups in total. The number of esters is 1. The Balaban J connectivity index is 3.19. The fourth-order valence-electron chi connectivity index (χ4n) is 2.36. The van der Waals surface area contributed by atoms with Crippen LogP contribution in [0.25, 0.3) is 0 Å². The summed E-state index contributed by atoms with van der Waals surface area (Å²) in [4.78, 5) is 12.0. The molecule has 0 saturated carbocycles. The normalized spacial score (nSPS) is 15.6. The van der Waals surface area contributed by atoms with Gasteiger partial charge in [0, 0.05) is 5.92 Å². The molecule has 0 saturated heterocycles. The number of halogens is 1. The van der Waals surface area contributed by atoms with Crippen LogP contribution in [-0.4, -0.2) is 23.3 Å². The zero-order valence-electron chi connectivity index (χ0n) is 11.6. The highest BCUT2D eigenvalue weighted by atomic mass is 19.1. The van der Waals surface area contributed by atoms with Gasteiger partial charge >= 0.3 is 5.97 Å². The molecule has 0 fully saturated rings. The van der Waals surface area contributed by atoms with Gasteiger partial charge in [0.25, 0.3) is 0 Å². The van der Waals surface area contributed by atoms with E-state index in [1.54, 1.807) is 32.0 Å². The Morgan fingerprint density at radius 3 is 2.47 bits per heavy atom. The molecule has 0 aromatic heterocycles. The highest BCUT2D eigenvalue weighted by molar-refractivity contribution is 5.80. The van der Waals surface area contributed by atoms with Gasteiger partial charge in [-0.1, -0.05) is 32.0 Å². The summed E-state index contributed by atoms with van der Waals surface area (Å²) in [5, 5.41) is 10.6. The van der Waals surface area contributed by atoms with Gasteiger partial charge in [0.05, 0.1) is 6.61 Å². The molecular weight excluding hydrogens is 247 g/mol. The lowest BCUT2D eigenvalue weighted by molar-refractivity contribution is -0.168. The van der Waals surface area contributed by atoms with E-state index in [-0.39, 0.29) is 13.0 Å². The smallest absolute Gasteiger partial charge is 0.338 e. The minimum atomic E-state index is -1.69. The molecule has 4 heteroatoms. The van der Waals surface area contributed by atoms with Gasteiger partial charge in [0.15, 0.2) is 5.60 Å². The Labute approximate surface area is 113 Å². The Hall–Kier alpha value is -1.42. The number of ether oxygens (including phenoxy) is 1. The zero-order valence-corrected chi connectivity index (χ0v) is 11.6. The monoisotopic (exact) mass is 268 g/mol. The van der Waals surface area contributed by atoms with Crippen molar-refractivity contribution >= 4 is 5.97 Å². The molecule has 2 atom stereocenters. The van der Waals surface area contributed by atoms with Crippen LogP contribution < -0.4 is 0 Å². The van der Waals surface area contributed by atoms with Gasteiger partial charge in [0.2, 0.25) is 0 Å². The van der Waals surface area contributed by atoms with Crippen LogP contribution in [0, 0.1) is 5.82 Å². The van der Waals surface area contributed by atoms with Crippen molar-refractivity contribution in [2.75, 3.05) is 6.61 Å². The maximum absolute atomic E-state index is 13.9. The number of benzene rings is 1. The third-order valence-electron chi connectivity index (χ3n) is 3.43. The maximum atomic E-state index is 13.9. The molecule has 0 aliphatic rings. The van der Waals surface area contributed by atoms with Crippen LogP contribution >= 0.6 is 0 Å². The highest BCUT2D eigenvalue weighted by Crippen LogP contribution is 2.36. The summed E-state index contributed by atoms with van der Waals surface area (Å²) in [6.45, 7) is 5.38. The van der Waals surface area contributed by atoms with Crippen molar-refractivity contribution in [3.63, 3.8) is 0 Å². The lowest BCUT2D eigenvalue weighted by atomic mass is 9.78. The van der Waals surface area contributed by atoms with Crippen LogP contribution in [0.15, 0.2) is 24.3 Å². The molecule has 2 unspecified atom stereocenters. The second-order valence-corrected chi connectivity index (χ2v) is 4.48. The van der Waals surface area contributed by atoms with Crippen molar-refractivity contribution < 1.29 is 19.0 Å². The molecule has 0 bridgehead atoms. The van der Waals surface area contributed by atoms with Crippen molar-refractivity contribution in [2.45, 2.75) is 45.1 Å². The lowest BCUT2D eigenvalue weighted by Gasteiger charge is -2.33. The summed E-state index contributed by atoms with van der Waals surface area (Å²) in [5.41, 5.74) is -1.34. The Bertz CT molecular complexity index is 433. The molecule has 1 rings (SSSR count). The van der Waals surface area contributed by atoms with Gasteiger partial charge in [-0.15, -0.1) is 0 Å². The second kappa shape index (κ2) is 6.66. The molecule has 0 amide bonds. The molecule has 1 aromatic rings. The van der Waals surface area contributed by atoms with Crippen LogP contribution in [0.2, 0.25) is 0 Å². The zero-order chi connectivity index (χ0) is 14.5. The van der Waals surface area contributed by atoms with E-state index >= 15 is 0 Å². The molecule has 0 heterocycles. The van der Waals surface area contributed by atoms with Gasteiger partial charge < -0.3 is 9.84 Å². The topological polar surface area (TPSA) is 46.5 Å². The summed E-state index contributed by atoms with van der Waals surface area (Å²) in [5.74, 6) is -1.71. The van der Waals surface area contributed by atoms with Gasteiger partial charge in [-0.2, -0.15) is 0 Å². The molecule has 106 valence electrons. The van der Waals surface area contributed by atoms with Crippen molar-refractivity contribution in [3.05, 3.63) is 35.6 Å². The molecule has 0 aliphatic carbocycles. The number of hydrogen-bond donors (Lipinski definition) is 1. The molecule has 0 radical (unpaired) electrons. The van der Waals surface area contributed by atoms with Crippen molar-refractivity contribution in [3.8, 4) is 0 Å². The molecule has 0 spiro atoms. The number of hydrogen-bond acceptors (Lipinski definition) is 3. The molecule has 3 nitrogen and oxygen atoms in total.